The van der Waals surface area contributed by atoms with Gasteiger partial charge in [-0.1, -0.05) is 24.3 Å². The molecule has 0 unspecified atom stereocenters. The molecule has 0 saturated heterocycles. The smallest absolute Gasteiger partial charge is 0.123 e. The van der Waals surface area contributed by atoms with Gasteiger partial charge in [0, 0.05) is 11.1 Å². The number of rotatable bonds is 2. The van der Waals surface area contributed by atoms with Crippen LogP contribution in [0.4, 0.5) is 4.39 Å². The zero-order valence-electron chi connectivity index (χ0n) is 9.97. The second kappa shape index (κ2) is 4.57. The van der Waals surface area contributed by atoms with Gasteiger partial charge in [-0.05, 0) is 30.3 Å². The van der Waals surface area contributed by atoms with Crippen molar-refractivity contribution >= 4 is 0 Å². The summed E-state index contributed by atoms with van der Waals surface area (Å²) in [6, 6.07) is 15.0. The molecule has 2 N–H and O–H groups in total. The van der Waals surface area contributed by atoms with Crippen LogP contribution in [-0.2, 0) is 0 Å². The zero-order valence-corrected chi connectivity index (χ0v) is 9.97. The molecular formula is C15H11FN2O. The number of benzene rings is 2. The van der Waals surface area contributed by atoms with Gasteiger partial charge in [0.05, 0.1) is 11.4 Å². The predicted molar refractivity (Wildman–Crippen MR) is 71.1 cm³/mol. The Morgan fingerprint density at radius 1 is 0.947 bits per heavy atom. The van der Waals surface area contributed by atoms with Gasteiger partial charge in [-0.2, -0.15) is 5.10 Å². The minimum absolute atomic E-state index is 0.188. The molecule has 0 aliphatic heterocycles. The summed E-state index contributed by atoms with van der Waals surface area (Å²) < 4.78 is 13.2. The van der Waals surface area contributed by atoms with Crippen LogP contribution in [0.1, 0.15) is 0 Å². The maximum absolute atomic E-state index is 13.2. The van der Waals surface area contributed by atoms with Crippen molar-refractivity contribution < 1.29 is 9.50 Å². The van der Waals surface area contributed by atoms with Gasteiger partial charge in [-0.15, -0.1) is 0 Å². The highest BCUT2D eigenvalue weighted by Crippen LogP contribution is 2.26. The lowest BCUT2D eigenvalue weighted by atomic mass is 10.1. The molecule has 0 aliphatic rings. The molecular weight excluding hydrogens is 243 g/mol. The summed E-state index contributed by atoms with van der Waals surface area (Å²) in [6.45, 7) is 0. The summed E-state index contributed by atoms with van der Waals surface area (Å²) in [7, 11) is 0. The number of phenols is 1. The van der Waals surface area contributed by atoms with E-state index in [1.54, 1.807) is 24.3 Å². The van der Waals surface area contributed by atoms with Crippen LogP contribution in [-0.4, -0.2) is 15.3 Å². The maximum atomic E-state index is 13.2. The Morgan fingerprint density at radius 3 is 2.53 bits per heavy atom. The van der Waals surface area contributed by atoms with Crippen molar-refractivity contribution in [2.45, 2.75) is 0 Å². The van der Waals surface area contributed by atoms with Crippen molar-refractivity contribution in [1.29, 1.82) is 0 Å². The quantitative estimate of drug-likeness (QED) is 0.734. The highest BCUT2D eigenvalue weighted by molar-refractivity contribution is 5.68. The van der Waals surface area contributed by atoms with E-state index in [1.165, 1.54) is 12.1 Å². The Bertz CT molecular complexity index is 661. The molecule has 0 aliphatic carbocycles. The normalized spacial score (nSPS) is 10.6. The molecule has 3 aromatic rings. The van der Waals surface area contributed by atoms with E-state index in [2.05, 4.69) is 10.2 Å². The van der Waals surface area contributed by atoms with Gasteiger partial charge in [0.1, 0.15) is 11.6 Å². The first kappa shape index (κ1) is 11.5. The number of nitrogens with one attached hydrogen (secondary N) is 1. The minimum Gasteiger partial charge on any atom is -0.508 e. The number of H-pyrrole nitrogens is 1. The fraction of sp³-hybridized carbons (Fsp3) is 0. The number of aromatic amines is 1. The van der Waals surface area contributed by atoms with E-state index >= 15 is 0 Å². The molecule has 3 nitrogen and oxygen atoms in total. The van der Waals surface area contributed by atoms with Gasteiger partial charge in [0.25, 0.3) is 0 Å². The number of phenolic OH excluding ortho intramolecular Hbond substituents is 1. The van der Waals surface area contributed by atoms with Crippen molar-refractivity contribution in [1.82, 2.24) is 10.2 Å². The molecule has 19 heavy (non-hydrogen) atoms. The zero-order chi connectivity index (χ0) is 13.2. The Kier molecular flexibility index (Phi) is 2.76. The topological polar surface area (TPSA) is 48.9 Å². The summed E-state index contributed by atoms with van der Waals surface area (Å²) in [6.07, 6.45) is 0. The summed E-state index contributed by atoms with van der Waals surface area (Å²) in [4.78, 5) is 0. The number of hydrogen-bond donors (Lipinski definition) is 2. The third-order valence-corrected chi connectivity index (χ3v) is 2.86. The van der Waals surface area contributed by atoms with Crippen LogP contribution in [0.5, 0.6) is 5.75 Å². The van der Waals surface area contributed by atoms with Crippen LogP contribution < -0.4 is 0 Å². The highest BCUT2D eigenvalue weighted by Gasteiger charge is 2.06. The van der Waals surface area contributed by atoms with Crippen molar-refractivity contribution in [3.8, 4) is 28.3 Å². The molecule has 3 rings (SSSR count). The van der Waals surface area contributed by atoms with Crippen molar-refractivity contribution in [3.05, 3.63) is 60.4 Å². The van der Waals surface area contributed by atoms with Gasteiger partial charge in [-0.3, -0.25) is 5.10 Å². The first-order valence-electron chi connectivity index (χ1n) is 5.83. The molecule has 0 fully saturated rings. The first-order valence-corrected chi connectivity index (χ1v) is 5.83. The average Bonchev–Trinajstić information content (AvgIpc) is 2.88. The van der Waals surface area contributed by atoms with Crippen LogP contribution in [0.25, 0.3) is 22.5 Å². The molecule has 0 atom stereocenters. The number of nitrogens with zero attached hydrogens (tertiary/aromatic N) is 1. The van der Waals surface area contributed by atoms with E-state index < -0.39 is 0 Å². The van der Waals surface area contributed by atoms with Crippen LogP contribution in [0.3, 0.4) is 0 Å². The monoisotopic (exact) mass is 254 g/mol. The molecule has 1 aromatic heterocycles. The number of hydrogen-bond acceptors (Lipinski definition) is 2. The van der Waals surface area contributed by atoms with Crippen molar-refractivity contribution in [3.63, 3.8) is 0 Å². The Balaban J connectivity index is 2.00. The van der Waals surface area contributed by atoms with E-state index in [1.807, 2.05) is 18.2 Å². The van der Waals surface area contributed by atoms with Gasteiger partial charge < -0.3 is 5.11 Å². The molecule has 2 aromatic carbocycles. The second-order valence-corrected chi connectivity index (χ2v) is 4.23. The molecule has 4 heteroatoms. The Labute approximate surface area is 109 Å². The average molecular weight is 254 g/mol. The molecule has 0 amide bonds. The fourth-order valence-corrected chi connectivity index (χ4v) is 1.94. The molecule has 0 radical (unpaired) electrons. The Morgan fingerprint density at radius 2 is 1.74 bits per heavy atom. The van der Waals surface area contributed by atoms with Crippen molar-refractivity contribution in [2.75, 3.05) is 0 Å². The summed E-state index contributed by atoms with van der Waals surface area (Å²) in [5.74, 6) is -0.0983. The number of aromatic nitrogens is 2. The van der Waals surface area contributed by atoms with Gasteiger partial charge in [0.15, 0.2) is 0 Å². The molecule has 1 heterocycles. The predicted octanol–water partition coefficient (Wildman–Crippen LogP) is 3.59. The van der Waals surface area contributed by atoms with E-state index in [0.717, 1.165) is 16.8 Å². The van der Waals surface area contributed by atoms with Crippen LogP contribution in [0.15, 0.2) is 54.6 Å². The molecule has 0 saturated carbocycles. The Hall–Kier alpha value is -2.62. The molecule has 0 spiro atoms. The summed E-state index contributed by atoms with van der Waals surface area (Å²) in [5.41, 5.74) is 2.98. The fourth-order valence-electron chi connectivity index (χ4n) is 1.94. The SMILES string of the molecule is Oc1cccc(-c2cc(-c3cccc(F)c3)[nH]n2)c1. The van der Waals surface area contributed by atoms with Crippen LogP contribution in [0, 0.1) is 5.82 Å². The molecule has 94 valence electrons. The van der Waals surface area contributed by atoms with Gasteiger partial charge in [0.2, 0.25) is 0 Å². The first-order chi connectivity index (χ1) is 9.22. The lowest BCUT2D eigenvalue weighted by molar-refractivity contribution is 0.475. The number of halogens is 1. The summed E-state index contributed by atoms with van der Waals surface area (Å²) >= 11 is 0. The third-order valence-electron chi connectivity index (χ3n) is 2.86. The second-order valence-electron chi connectivity index (χ2n) is 4.23. The third kappa shape index (κ3) is 2.33. The van der Waals surface area contributed by atoms with E-state index in [0.29, 0.717) is 5.69 Å². The molecule has 0 bridgehead atoms. The minimum atomic E-state index is -0.286. The lowest BCUT2D eigenvalue weighted by Crippen LogP contribution is -1.79. The lowest BCUT2D eigenvalue weighted by Gasteiger charge is -1.97. The van der Waals surface area contributed by atoms with E-state index in [9.17, 15) is 9.50 Å². The summed E-state index contributed by atoms with van der Waals surface area (Å²) in [5, 5.41) is 16.5. The maximum Gasteiger partial charge on any atom is 0.123 e. The number of aromatic hydroxyl groups is 1. The van der Waals surface area contributed by atoms with E-state index in [-0.39, 0.29) is 11.6 Å². The largest absolute Gasteiger partial charge is 0.508 e. The van der Waals surface area contributed by atoms with Crippen molar-refractivity contribution in [2.24, 2.45) is 0 Å². The highest BCUT2D eigenvalue weighted by atomic mass is 19.1. The van der Waals surface area contributed by atoms with Crippen LogP contribution in [0.2, 0.25) is 0 Å². The standard InChI is InChI=1S/C15H11FN2O/c16-12-5-1-3-10(7-12)14-9-15(18-17-14)11-4-2-6-13(19)8-11/h1-9,19H,(H,17,18). The van der Waals surface area contributed by atoms with Gasteiger partial charge >= 0.3 is 0 Å². The van der Waals surface area contributed by atoms with Crippen LogP contribution >= 0.6 is 0 Å². The van der Waals surface area contributed by atoms with Gasteiger partial charge in [-0.25, -0.2) is 4.39 Å². The van der Waals surface area contributed by atoms with E-state index in [4.69, 9.17) is 0 Å².